The second-order valence-electron chi connectivity index (χ2n) is 23.1. The van der Waals surface area contributed by atoms with Gasteiger partial charge in [-0.05, 0) is 147 Å². The van der Waals surface area contributed by atoms with Gasteiger partial charge in [-0.15, -0.1) is 0 Å². The van der Waals surface area contributed by atoms with E-state index in [2.05, 4.69) is 35.3 Å². The van der Waals surface area contributed by atoms with E-state index >= 15 is 0 Å². The molecule has 0 heterocycles. The number of carbonyl (C=O) groups is 6. The summed E-state index contributed by atoms with van der Waals surface area (Å²) >= 11 is 3.32. The molecule has 12 aromatic carbocycles. The minimum absolute atomic E-state index is 0. The van der Waals surface area contributed by atoms with Gasteiger partial charge in [0.15, 0.2) is 17.6 Å². The van der Waals surface area contributed by atoms with E-state index in [1.807, 2.05) is 200 Å². The molecule has 12 rings (SSSR count). The Morgan fingerprint density at radius 1 is 0.354 bits per heavy atom. The van der Waals surface area contributed by atoms with Crippen LogP contribution in [0.5, 0.6) is 23.0 Å². The van der Waals surface area contributed by atoms with Crippen LogP contribution in [-0.4, -0.2) is 107 Å². The van der Waals surface area contributed by atoms with E-state index in [1.54, 1.807) is 109 Å². The Balaban J connectivity index is 0.000000486. The van der Waals surface area contributed by atoms with Crippen LogP contribution in [0.25, 0.3) is 6.15 Å². The van der Waals surface area contributed by atoms with E-state index in [4.69, 9.17) is 34.7 Å². The third kappa shape index (κ3) is 31.4. The first-order valence-electron chi connectivity index (χ1n) is 34.1. The van der Waals surface area contributed by atoms with Gasteiger partial charge in [0, 0.05) is 50.2 Å². The van der Waals surface area contributed by atoms with Gasteiger partial charge in [0.2, 0.25) is 0 Å². The van der Waals surface area contributed by atoms with E-state index in [0.29, 0.717) is 75.8 Å². The van der Waals surface area contributed by atoms with Gasteiger partial charge in [0.05, 0.1) is 50.7 Å². The van der Waals surface area contributed by atoms with Gasteiger partial charge in [-0.3, -0.25) is 9.59 Å². The number of ether oxygens (including phenoxy) is 7. The largest absolute Gasteiger partial charge is 1.00 e. The number of rotatable bonds is 23. The zero-order chi connectivity index (χ0) is 79.4. The standard InChI is InChI=1S/C22H20N2O3.C22H20O4.C22H18O4.C13H10O2.C9H9BrO2.2CH4O.B.H2N.Na.H/c1-26-22(25)18-12-10-16(11-13-18)15-27-20-9-5-8-19(14-20)21(24-23)17-6-3-2-4-7-17;2*1-25-22(24)18-12-10-16(11-13-18)15-26-20-9-5-8-19(14-20)21(23)17-6-3-2-4-7-17;14-12-8-4-7-11(9-12)13(15)10-5-2-1-3-6-10;1-12-9(11)8-4-2-7(6-10)3-5-8;2*1-2;;;;/h2-14,21,23H,15H2,1H3;2-14,21,23H,15H2,1H3;2-14H,15H2,1H3;1-9,14H;2-5H,6H2,1H3;2*2H,1H3;;1H2;;/q;;;;;;;;-1;+1;-1/p+1. The summed E-state index contributed by atoms with van der Waals surface area (Å²) in [6.07, 6.45) is -0.695. The van der Waals surface area contributed by atoms with Crippen molar-refractivity contribution in [3.05, 3.63) is 411 Å². The maximum Gasteiger partial charge on any atom is 1.00 e. The number of halogens is 1. The molecule has 0 aliphatic carbocycles. The average Bonchev–Trinajstić information content (AvgIpc) is 0.865. The number of alkyl halides is 1. The summed E-state index contributed by atoms with van der Waals surface area (Å²) < 4.78 is 36.1. The summed E-state index contributed by atoms with van der Waals surface area (Å²) in [7, 11) is 7.45. The van der Waals surface area contributed by atoms with Crippen LogP contribution in [0.4, 0.5) is 0 Å². The second-order valence-corrected chi connectivity index (χ2v) is 23.7. The van der Waals surface area contributed by atoms with Gasteiger partial charge in [0.1, 0.15) is 48.9 Å². The number of hydrogen-bond donors (Lipinski definition) is 5. The number of phenolic OH excluding ortho intramolecular Hbond substituents is 1. The van der Waals surface area contributed by atoms with Crippen molar-refractivity contribution in [2.45, 2.75) is 37.3 Å². The molecule has 3 radical (unpaired) electrons. The molecule has 0 saturated carbocycles. The van der Waals surface area contributed by atoms with Gasteiger partial charge >= 0.3 is 53.4 Å². The number of nitrogens with two attached hydrogens (primary N) is 2. The molecule has 8 N–H and O–H groups in total. The van der Waals surface area contributed by atoms with E-state index in [0.717, 1.165) is 69.8 Å². The Kier molecular flexibility index (Phi) is 44.7. The number of nitrogens with zero attached hydrogens (tertiary/aromatic N) is 1. The molecule has 0 spiro atoms. The van der Waals surface area contributed by atoms with Gasteiger partial charge in [-0.25, -0.2) is 19.2 Å². The zero-order valence-electron chi connectivity index (χ0n) is 64.7. The van der Waals surface area contributed by atoms with Crippen LogP contribution >= 0.6 is 15.9 Å². The first kappa shape index (κ1) is 95.2. The quantitative estimate of drug-likeness (QED) is 0.00992. The summed E-state index contributed by atoms with van der Waals surface area (Å²) in [4.78, 5) is 69.7. The molecular formula is C90H89BBrN3NaO17. The Morgan fingerprint density at radius 3 is 0.982 bits per heavy atom. The monoisotopic (exact) mass is 1600 g/mol. The summed E-state index contributed by atoms with van der Waals surface area (Å²) in [6, 6.07) is 94.4. The maximum atomic E-state index is 12.5. The molecule has 0 saturated heterocycles. The SMILES string of the molecule is CO.CO.COC(=O)c1ccc(CBr)cc1.COC(=O)c1ccc(COc2cccc(C(=O)c3ccccc3)c2)cc1.COC(=O)c1ccc(COc2cccc(C(N=[NH2+])c3ccccc3)c2)cc1.COC(=O)c1ccc(COc2cccc(C(O)c3ccccc3)c2)cc1.O=C(c1ccccc1)c1cccc(O)c1.[B].[H-].[NH2-].[Na+]. The Hall–Kier alpha value is -12.0. The molecule has 113 heavy (non-hydrogen) atoms. The van der Waals surface area contributed by atoms with Crippen molar-refractivity contribution in [2.24, 2.45) is 5.11 Å². The van der Waals surface area contributed by atoms with Crippen molar-refractivity contribution in [3.8, 4) is 23.0 Å². The minimum atomic E-state index is -0.695. The number of esters is 4. The molecular weight excluding hydrogens is 1510 g/mol. The Labute approximate surface area is 692 Å². The second kappa shape index (κ2) is 53.0. The number of benzene rings is 12. The maximum absolute atomic E-state index is 12.5. The molecule has 0 aliphatic rings. The molecule has 0 amide bonds. The molecule has 0 aliphatic heterocycles. The zero-order valence-corrected chi connectivity index (χ0v) is 67.2. The molecule has 0 bridgehead atoms. The van der Waals surface area contributed by atoms with Crippen molar-refractivity contribution < 1.29 is 119 Å². The number of hydrogen-bond acceptors (Lipinski definition) is 18. The van der Waals surface area contributed by atoms with Crippen LogP contribution in [0.3, 0.4) is 0 Å². The van der Waals surface area contributed by atoms with Gasteiger partial charge in [-0.1, -0.05) is 234 Å². The number of carbonyl (C=O) groups excluding carboxylic acids is 6. The van der Waals surface area contributed by atoms with Crippen LogP contribution in [0, 0.1) is 0 Å². The number of ketones is 2. The number of aliphatic hydroxyl groups is 3. The first-order valence-corrected chi connectivity index (χ1v) is 35.2. The molecule has 2 atom stereocenters. The number of aliphatic hydroxyl groups excluding tert-OH is 3. The predicted molar refractivity (Wildman–Crippen MR) is 436 cm³/mol. The predicted octanol–water partition coefficient (Wildman–Crippen LogP) is 13.4. The minimum Gasteiger partial charge on any atom is -1.00 e. The fourth-order valence-electron chi connectivity index (χ4n) is 10.2. The summed E-state index contributed by atoms with van der Waals surface area (Å²) in [5.74, 6) is 0.627. The first-order chi connectivity index (χ1) is 53.6. The smallest absolute Gasteiger partial charge is 1.00 e. The summed E-state index contributed by atoms with van der Waals surface area (Å²) in [5, 5.41) is 38.6. The Bertz CT molecular complexity index is 4820. The van der Waals surface area contributed by atoms with E-state index in [-0.39, 0.29) is 92.8 Å². The molecule has 0 fully saturated rings. The Morgan fingerprint density at radius 2 is 0.637 bits per heavy atom. The van der Waals surface area contributed by atoms with Crippen molar-refractivity contribution in [3.63, 3.8) is 0 Å². The molecule has 23 heteroatoms. The summed E-state index contributed by atoms with van der Waals surface area (Å²) in [6.45, 7) is 1.09. The normalized spacial score (nSPS) is 10.2. The number of aromatic hydroxyl groups is 1. The summed E-state index contributed by atoms with van der Waals surface area (Å²) in [5.41, 5.74) is 17.6. The van der Waals surface area contributed by atoms with Crippen molar-refractivity contribution in [1.82, 2.24) is 0 Å². The fraction of sp³-hybridized carbons (Fsp3) is 0.133. The third-order valence-corrected chi connectivity index (χ3v) is 16.5. The molecule has 12 aromatic rings. The molecule has 0 aromatic heterocycles. The van der Waals surface area contributed by atoms with Crippen LogP contribution in [0.2, 0.25) is 0 Å². The van der Waals surface area contributed by atoms with E-state index in [1.165, 1.54) is 34.5 Å². The number of phenols is 1. The van der Waals surface area contributed by atoms with E-state index < -0.39 is 6.10 Å². The topological polar surface area (TPSA) is 319 Å². The molecule has 2 unspecified atom stereocenters. The van der Waals surface area contributed by atoms with Gasteiger partial charge < -0.3 is 61.2 Å². The molecule has 20 nitrogen and oxygen atoms in total. The fourth-order valence-corrected chi connectivity index (χ4v) is 10.5. The van der Waals surface area contributed by atoms with Crippen molar-refractivity contribution >= 4 is 59.8 Å². The number of methoxy groups -OCH3 is 4. The van der Waals surface area contributed by atoms with Crippen molar-refractivity contribution in [2.75, 3.05) is 42.7 Å². The van der Waals surface area contributed by atoms with E-state index in [9.17, 15) is 39.0 Å². The van der Waals surface area contributed by atoms with Crippen LogP contribution in [0.1, 0.15) is 131 Å². The van der Waals surface area contributed by atoms with Gasteiger partial charge in [0.25, 0.3) is 0 Å². The average molecular weight is 1600 g/mol. The molecule has 577 valence electrons. The van der Waals surface area contributed by atoms with Crippen molar-refractivity contribution in [1.29, 1.82) is 0 Å². The van der Waals surface area contributed by atoms with Crippen LogP contribution in [0.15, 0.2) is 321 Å². The van der Waals surface area contributed by atoms with Crippen LogP contribution < -0.4 is 49.3 Å². The van der Waals surface area contributed by atoms with Crippen LogP contribution in [-0.2, 0) is 44.1 Å². The third-order valence-electron chi connectivity index (χ3n) is 15.9. The van der Waals surface area contributed by atoms with Gasteiger partial charge in [-0.2, -0.15) is 5.53 Å².